The molecule has 1 unspecified atom stereocenters. The molecular formula is C13H11O3P. The van der Waals surface area contributed by atoms with Crippen LogP contribution in [0.25, 0.3) is 0 Å². The summed E-state index contributed by atoms with van der Waals surface area (Å²) in [6.07, 6.45) is 0.766. The quantitative estimate of drug-likeness (QED) is 0.598. The molecule has 0 fully saturated rings. The summed E-state index contributed by atoms with van der Waals surface area (Å²) in [6.45, 7) is 0. The van der Waals surface area contributed by atoms with Gasteiger partial charge in [0.15, 0.2) is 6.29 Å². The average Bonchev–Trinajstić information content (AvgIpc) is 2.40. The van der Waals surface area contributed by atoms with Crippen molar-refractivity contribution in [2.24, 2.45) is 0 Å². The van der Waals surface area contributed by atoms with Crippen molar-refractivity contribution in [3.63, 3.8) is 0 Å². The van der Waals surface area contributed by atoms with Gasteiger partial charge in [-0.05, 0) is 24.3 Å². The number of hydrogen-bond donors (Lipinski definition) is 0. The van der Waals surface area contributed by atoms with E-state index < -0.39 is 0 Å². The number of benzene rings is 2. The predicted molar refractivity (Wildman–Crippen MR) is 67.8 cm³/mol. The van der Waals surface area contributed by atoms with Crippen molar-refractivity contribution in [1.29, 1.82) is 0 Å². The monoisotopic (exact) mass is 246 g/mol. The fourth-order valence-electron chi connectivity index (χ4n) is 1.27. The van der Waals surface area contributed by atoms with Crippen LogP contribution in [0.5, 0.6) is 11.5 Å². The minimum absolute atomic E-state index is 0.172. The van der Waals surface area contributed by atoms with E-state index in [4.69, 9.17) is 9.05 Å². The third-order valence-corrected chi connectivity index (χ3v) is 2.72. The molecule has 0 bridgehead atoms. The fourth-order valence-corrected chi connectivity index (χ4v) is 1.82. The Morgan fingerprint density at radius 1 is 0.882 bits per heavy atom. The van der Waals surface area contributed by atoms with Gasteiger partial charge < -0.3 is 9.05 Å². The van der Waals surface area contributed by atoms with Crippen LogP contribution in [0.4, 0.5) is 0 Å². The molecule has 2 aromatic rings. The van der Waals surface area contributed by atoms with Gasteiger partial charge in [0, 0.05) is 0 Å². The lowest BCUT2D eigenvalue weighted by Crippen LogP contribution is -1.89. The highest BCUT2D eigenvalue weighted by Gasteiger charge is 2.01. The van der Waals surface area contributed by atoms with Gasteiger partial charge in [-0.15, -0.1) is 0 Å². The maximum absolute atomic E-state index is 10.7. The highest BCUT2D eigenvalue weighted by Crippen LogP contribution is 2.26. The predicted octanol–water partition coefficient (Wildman–Crippen LogP) is 3.47. The van der Waals surface area contributed by atoms with Crippen LogP contribution in [0.1, 0.15) is 10.4 Å². The Morgan fingerprint density at radius 3 is 2.35 bits per heavy atom. The van der Waals surface area contributed by atoms with Crippen LogP contribution in [-0.4, -0.2) is 6.29 Å². The number of rotatable bonds is 5. The van der Waals surface area contributed by atoms with Crippen LogP contribution < -0.4 is 9.05 Å². The summed E-state index contributed by atoms with van der Waals surface area (Å²) in [4.78, 5) is 10.7. The van der Waals surface area contributed by atoms with Gasteiger partial charge >= 0.3 is 0 Å². The molecule has 0 saturated heterocycles. The van der Waals surface area contributed by atoms with Crippen molar-refractivity contribution in [3.05, 3.63) is 60.2 Å². The number of hydrogen-bond acceptors (Lipinski definition) is 3. The topological polar surface area (TPSA) is 35.5 Å². The van der Waals surface area contributed by atoms with E-state index in [-0.39, 0.29) is 9.03 Å². The van der Waals surface area contributed by atoms with Crippen molar-refractivity contribution < 1.29 is 13.8 Å². The van der Waals surface area contributed by atoms with E-state index in [0.29, 0.717) is 11.3 Å². The van der Waals surface area contributed by atoms with Crippen LogP contribution in [0, 0.1) is 0 Å². The molecule has 17 heavy (non-hydrogen) atoms. The molecule has 2 rings (SSSR count). The molecule has 3 nitrogen and oxygen atoms in total. The Balaban J connectivity index is 1.92. The highest BCUT2D eigenvalue weighted by molar-refractivity contribution is 7.27. The zero-order valence-corrected chi connectivity index (χ0v) is 10.00. The van der Waals surface area contributed by atoms with Crippen LogP contribution in [0.2, 0.25) is 0 Å². The Morgan fingerprint density at radius 2 is 1.59 bits per heavy atom. The first-order chi connectivity index (χ1) is 8.40. The summed E-state index contributed by atoms with van der Waals surface area (Å²) in [5, 5.41) is 0. The van der Waals surface area contributed by atoms with Gasteiger partial charge in [-0.1, -0.05) is 30.3 Å². The number of carbonyl (C=O) groups excluding carboxylic acids is 1. The Bertz CT molecular complexity index is 485. The van der Waals surface area contributed by atoms with Crippen LogP contribution in [0.15, 0.2) is 54.6 Å². The van der Waals surface area contributed by atoms with Crippen molar-refractivity contribution >= 4 is 15.3 Å². The molecule has 0 aliphatic carbocycles. The molecule has 0 spiro atoms. The lowest BCUT2D eigenvalue weighted by molar-refractivity contribution is 0.112. The SMILES string of the molecule is O=Cc1ccccc1OPOc1ccccc1. The van der Waals surface area contributed by atoms with E-state index >= 15 is 0 Å². The van der Waals surface area contributed by atoms with Gasteiger partial charge in [0.05, 0.1) is 5.56 Å². The molecule has 0 amide bonds. The van der Waals surface area contributed by atoms with E-state index in [9.17, 15) is 4.79 Å². The first kappa shape index (κ1) is 11.6. The average molecular weight is 246 g/mol. The summed E-state index contributed by atoms with van der Waals surface area (Å²) >= 11 is 0. The first-order valence-corrected chi connectivity index (χ1v) is 5.90. The highest BCUT2D eigenvalue weighted by atomic mass is 31.1. The smallest absolute Gasteiger partial charge is 0.275 e. The second-order valence-electron chi connectivity index (χ2n) is 3.26. The van der Waals surface area contributed by atoms with Crippen molar-refractivity contribution in [2.45, 2.75) is 0 Å². The minimum Gasteiger partial charge on any atom is -0.441 e. The summed E-state index contributed by atoms with van der Waals surface area (Å²) < 4.78 is 10.8. The summed E-state index contributed by atoms with van der Waals surface area (Å²) in [7, 11) is -0.172. The lowest BCUT2D eigenvalue weighted by atomic mass is 10.2. The molecule has 0 aliphatic rings. The largest absolute Gasteiger partial charge is 0.441 e. The molecule has 0 aliphatic heterocycles. The number of carbonyl (C=O) groups is 1. The van der Waals surface area contributed by atoms with Gasteiger partial charge in [0.1, 0.15) is 11.5 Å². The Hall–Kier alpha value is -1.86. The second kappa shape index (κ2) is 6.02. The summed E-state index contributed by atoms with van der Waals surface area (Å²) in [5.41, 5.74) is 0.525. The molecule has 0 saturated carbocycles. The summed E-state index contributed by atoms with van der Waals surface area (Å²) in [6, 6.07) is 16.4. The third-order valence-electron chi connectivity index (χ3n) is 2.10. The third kappa shape index (κ3) is 3.30. The van der Waals surface area contributed by atoms with Gasteiger partial charge in [0.25, 0.3) is 9.03 Å². The van der Waals surface area contributed by atoms with Crippen molar-refractivity contribution in [3.8, 4) is 11.5 Å². The standard InChI is InChI=1S/C13H11O3P/c14-10-11-6-4-5-9-13(11)16-17-15-12-7-2-1-3-8-12/h1-10,17H. The lowest BCUT2D eigenvalue weighted by Gasteiger charge is -2.08. The normalized spacial score (nSPS) is 10.4. The van der Waals surface area contributed by atoms with E-state index in [1.165, 1.54) is 0 Å². The molecule has 0 radical (unpaired) electrons. The molecule has 86 valence electrons. The maximum atomic E-state index is 10.7. The molecule has 0 N–H and O–H groups in total. The second-order valence-corrected chi connectivity index (χ2v) is 3.83. The van der Waals surface area contributed by atoms with Gasteiger partial charge in [0.2, 0.25) is 0 Å². The van der Waals surface area contributed by atoms with Crippen molar-refractivity contribution in [2.75, 3.05) is 0 Å². The Kier molecular flexibility index (Phi) is 4.11. The number of para-hydroxylation sites is 2. The summed E-state index contributed by atoms with van der Waals surface area (Å²) in [5.74, 6) is 1.28. The molecule has 0 aromatic heterocycles. The van der Waals surface area contributed by atoms with Crippen LogP contribution in [-0.2, 0) is 0 Å². The van der Waals surface area contributed by atoms with E-state index in [2.05, 4.69) is 0 Å². The molecule has 0 heterocycles. The zero-order valence-electron chi connectivity index (χ0n) is 9.00. The van der Waals surface area contributed by atoms with Gasteiger partial charge in [-0.3, -0.25) is 4.79 Å². The molecule has 1 atom stereocenters. The Labute approximate surface area is 101 Å². The van der Waals surface area contributed by atoms with Crippen LogP contribution in [0.3, 0.4) is 0 Å². The van der Waals surface area contributed by atoms with Gasteiger partial charge in [-0.2, -0.15) is 0 Å². The van der Waals surface area contributed by atoms with Crippen molar-refractivity contribution in [1.82, 2.24) is 0 Å². The van der Waals surface area contributed by atoms with Gasteiger partial charge in [-0.25, -0.2) is 0 Å². The first-order valence-electron chi connectivity index (χ1n) is 5.08. The zero-order chi connectivity index (χ0) is 11.9. The molecular weight excluding hydrogens is 235 g/mol. The molecule has 2 aromatic carbocycles. The van der Waals surface area contributed by atoms with E-state index in [1.54, 1.807) is 18.2 Å². The van der Waals surface area contributed by atoms with Crippen LogP contribution >= 0.6 is 9.03 Å². The maximum Gasteiger partial charge on any atom is 0.275 e. The molecule has 4 heteroatoms. The van der Waals surface area contributed by atoms with E-state index in [0.717, 1.165) is 12.0 Å². The fraction of sp³-hybridized carbons (Fsp3) is 0. The van der Waals surface area contributed by atoms with E-state index in [1.807, 2.05) is 36.4 Å². The number of aldehydes is 1. The minimum atomic E-state index is -0.172.